The van der Waals surface area contributed by atoms with Gasteiger partial charge in [0, 0.05) is 0 Å². The van der Waals surface area contributed by atoms with Crippen LogP contribution in [0.15, 0.2) is 24.3 Å². The van der Waals surface area contributed by atoms with Gasteiger partial charge in [-0.15, -0.1) is 0 Å². The standard InChI is InChI=1S/C12H13NO2/c1-9(2)8-15-12(14)10-4-6-11(13-3)7-5-10/h4-7,9H,8H2,1-2H3/i3+1. The zero-order valence-corrected chi connectivity index (χ0v) is 8.86. The highest BCUT2D eigenvalue weighted by molar-refractivity contribution is 5.89. The third-order valence-electron chi connectivity index (χ3n) is 1.78. The van der Waals surface area contributed by atoms with Gasteiger partial charge in [-0.25, -0.2) is 9.64 Å². The van der Waals surface area contributed by atoms with Crippen molar-refractivity contribution in [2.24, 2.45) is 5.92 Å². The predicted octanol–water partition coefficient (Wildman–Crippen LogP) is 3.05. The van der Waals surface area contributed by atoms with Crippen molar-refractivity contribution in [1.82, 2.24) is 0 Å². The molecule has 78 valence electrons. The van der Waals surface area contributed by atoms with Crippen molar-refractivity contribution in [2.75, 3.05) is 6.61 Å². The minimum absolute atomic E-state index is 0.330. The van der Waals surface area contributed by atoms with Crippen LogP contribution < -0.4 is 0 Å². The van der Waals surface area contributed by atoms with Crippen LogP contribution in [-0.2, 0) is 4.74 Å². The van der Waals surface area contributed by atoms with Gasteiger partial charge in [-0.05, 0) is 5.92 Å². The first kappa shape index (κ1) is 11.3. The molecule has 0 saturated heterocycles. The van der Waals surface area contributed by atoms with Gasteiger partial charge in [0.25, 0.3) is 0 Å². The highest BCUT2D eigenvalue weighted by atomic mass is 16.5. The molecule has 0 spiro atoms. The zero-order chi connectivity index (χ0) is 11.3. The lowest BCUT2D eigenvalue weighted by Gasteiger charge is -2.06. The van der Waals surface area contributed by atoms with E-state index in [2.05, 4.69) is 4.85 Å². The van der Waals surface area contributed by atoms with Crippen LogP contribution in [-0.4, -0.2) is 12.6 Å². The molecule has 0 N–H and O–H groups in total. The second kappa shape index (κ2) is 5.16. The van der Waals surface area contributed by atoms with Crippen LogP contribution in [0.2, 0.25) is 0 Å². The lowest BCUT2D eigenvalue weighted by molar-refractivity contribution is 0.0459. The molecule has 0 bridgehead atoms. The number of carbonyl (C=O) groups excluding carboxylic acids is 1. The summed E-state index contributed by atoms with van der Waals surface area (Å²) in [7, 11) is 0. The van der Waals surface area contributed by atoms with Gasteiger partial charge >= 0.3 is 5.97 Å². The van der Waals surface area contributed by atoms with Crippen molar-refractivity contribution < 1.29 is 9.53 Å². The fourth-order valence-electron chi connectivity index (χ4n) is 0.998. The summed E-state index contributed by atoms with van der Waals surface area (Å²) >= 11 is 0. The molecule has 0 saturated carbocycles. The van der Waals surface area contributed by atoms with Crippen molar-refractivity contribution in [3.63, 3.8) is 0 Å². The molecule has 0 fully saturated rings. The van der Waals surface area contributed by atoms with E-state index in [0.29, 0.717) is 23.8 Å². The van der Waals surface area contributed by atoms with Gasteiger partial charge in [-0.1, -0.05) is 38.1 Å². The molecule has 15 heavy (non-hydrogen) atoms. The molecular weight excluding hydrogens is 191 g/mol. The number of ether oxygens (including phenoxy) is 1. The molecule has 1 rings (SSSR count). The first-order chi connectivity index (χ1) is 7.13. The second-order valence-corrected chi connectivity index (χ2v) is 3.65. The molecule has 0 aliphatic rings. The van der Waals surface area contributed by atoms with Crippen LogP contribution >= 0.6 is 0 Å². The van der Waals surface area contributed by atoms with Crippen LogP contribution in [0.5, 0.6) is 0 Å². The predicted molar refractivity (Wildman–Crippen MR) is 57.8 cm³/mol. The topological polar surface area (TPSA) is 30.7 Å². The maximum atomic E-state index is 11.4. The quantitative estimate of drug-likeness (QED) is 0.430. The average molecular weight is 204 g/mol. The summed E-state index contributed by atoms with van der Waals surface area (Å²) in [5.41, 5.74) is 1.01. The highest BCUT2D eigenvalue weighted by Gasteiger charge is 2.07. The minimum Gasteiger partial charge on any atom is -0.462 e. The molecule has 0 aliphatic heterocycles. The zero-order valence-electron chi connectivity index (χ0n) is 8.86. The summed E-state index contributed by atoms with van der Waals surface area (Å²) in [6.45, 7) is 11.2. The van der Waals surface area contributed by atoms with E-state index in [0.717, 1.165) is 0 Å². The van der Waals surface area contributed by atoms with Gasteiger partial charge in [0.05, 0.1) is 18.7 Å². The maximum absolute atomic E-state index is 11.4. The van der Waals surface area contributed by atoms with E-state index in [4.69, 9.17) is 11.3 Å². The average Bonchev–Trinajstić information content (AvgIpc) is 2.26. The number of rotatable bonds is 3. The molecule has 0 atom stereocenters. The van der Waals surface area contributed by atoms with Crippen molar-refractivity contribution in [3.8, 4) is 0 Å². The first-order valence-electron chi connectivity index (χ1n) is 4.78. The molecule has 0 amide bonds. The van der Waals surface area contributed by atoms with Crippen molar-refractivity contribution in [3.05, 3.63) is 41.2 Å². The normalized spacial score (nSPS) is 9.73. The van der Waals surface area contributed by atoms with Crippen LogP contribution in [0, 0.1) is 12.5 Å². The Labute approximate surface area is 89.5 Å². The first-order valence-corrected chi connectivity index (χ1v) is 4.78. The van der Waals surface area contributed by atoms with E-state index in [-0.39, 0.29) is 5.97 Å². The van der Waals surface area contributed by atoms with E-state index in [1.807, 2.05) is 13.8 Å². The Balaban J connectivity index is 2.63. The molecule has 0 unspecified atom stereocenters. The summed E-state index contributed by atoms with van der Waals surface area (Å²) in [5, 5.41) is 0. The number of hydrogen-bond donors (Lipinski definition) is 0. The maximum Gasteiger partial charge on any atom is 0.338 e. The molecule has 3 heteroatoms. The monoisotopic (exact) mass is 204 g/mol. The van der Waals surface area contributed by atoms with E-state index >= 15 is 0 Å². The molecular formula is C12H13NO2. The Kier molecular flexibility index (Phi) is 3.87. The van der Waals surface area contributed by atoms with Gasteiger partial charge < -0.3 is 4.74 Å². The molecule has 0 aromatic heterocycles. The largest absolute Gasteiger partial charge is 0.462 e. The van der Waals surface area contributed by atoms with Gasteiger partial charge in [0.2, 0.25) is 0 Å². The Morgan fingerprint density at radius 2 is 2.00 bits per heavy atom. The van der Waals surface area contributed by atoms with Gasteiger partial charge in [0.15, 0.2) is 5.69 Å². The van der Waals surface area contributed by atoms with Gasteiger partial charge in [-0.3, -0.25) is 0 Å². The lowest BCUT2D eigenvalue weighted by atomic mass is 10.2. The van der Waals surface area contributed by atoms with E-state index in [9.17, 15) is 4.79 Å². The third kappa shape index (κ3) is 3.43. The van der Waals surface area contributed by atoms with Crippen LogP contribution in [0.1, 0.15) is 24.2 Å². The van der Waals surface area contributed by atoms with Crippen molar-refractivity contribution in [2.45, 2.75) is 13.8 Å². The number of nitrogens with zero attached hydrogens (tertiary/aromatic N) is 1. The van der Waals surface area contributed by atoms with Crippen molar-refractivity contribution >= 4 is 11.7 Å². The summed E-state index contributed by atoms with van der Waals surface area (Å²) < 4.78 is 5.05. The van der Waals surface area contributed by atoms with E-state index < -0.39 is 0 Å². The number of benzene rings is 1. The van der Waals surface area contributed by atoms with E-state index in [1.54, 1.807) is 24.3 Å². The fourth-order valence-corrected chi connectivity index (χ4v) is 0.998. The molecule has 0 radical (unpaired) electrons. The second-order valence-electron chi connectivity index (χ2n) is 3.65. The Hall–Kier alpha value is -1.82. The van der Waals surface area contributed by atoms with Crippen LogP contribution in [0.25, 0.3) is 4.85 Å². The third-order valence-corrected chi connectivity index (χ3v) is 1.78. The van der Waals surface area contributed by atoms with E-state index in [1.165, 1.54) is 0 Å². The molecule has 0 aliphatic carbocycles. The summed E-state index contributed by atoms with van der Waals surface area (Å²) in [6.07, 6.45) is 0. The number of esters is 1. The molecule has 1 aromatic carbocycles. The number of carbonyl (C=O) groups is 1. The minimum atomic E-state index is -0.333. The fraction of sp³-hybridized carbons (Fsp3) is 0.333. The molecule has 1 aromatic rings. The molecule has 0 heterocycles. The van der Waals surface area contributed by atoms with Crippen LogP contribution in [0.3, 0.4) is 0 Å². The Bertz CT molecular complexity index is 374. The summed E-state index contributed by atoms with van der Waals surface area (Å²) in [5.74, 6) is -0.00306. The SMILES string of the molecule is CC(C)COC(=O)c1ccc([N+]#[13C-])cc1. The lowest BCUT2D eigenvalue weighted by Crippen LogP contribution is -2.09. The van der Waals surface area contributed by atoms with Gasteiger partial charge in [0.1, 0.15) is 0 Å². The summed E-state index contributed by atoms with van der Waals surface area (Å²) in [4.78, 5) is 14.7. The highest BCUT2D eigenvalue weighted by Crippen LogP contribution is 2.13. The Morgan fingerprint density at radius 3 is 2.47 bits per heavy atom. The Morgan fingerprint density at radius 1 is 1.40 bits per heavy atom. The smallest absolute Gasteiger partial charge is 0.338 e. The van der Waals surface area contributed by atoms with Crippen LogP contribution in [0.4, 0.5) is 5.69 Å². The number of hydrogen-bond acceptors (Lipinski definition) is 2. The van der Waals surface area contributed by atoms with Crippen molar-refractivity contribution in [1.29, 1.82) is 0 Å². The molecule has 3 nitrogen and oxygen atoms in total. The summed E-state index contributed by atoms with van der Waals surface area (Å²) in [6, 6.07) is 6.43. The van der Waals surface area contributed by atoms with Gasteiger partial charge in [-0.2, -0.15) is 0 Å².